The summed E-state index contributed by atoms with van der Waals surface area (Å²) < 4.78 is 5.45. The number of pyridine rings is 1. The molecule has 1 aromatic heterocycles. The average Bonchev–Trinajstić information content (AvgIpc) is 3.03. The fraction of sp³-hybridized carbons (Fsp3) is 0.353. The van der Waals surface area contributed by atoms with Crippen molar-refractivity contribution in [3.05, 3.63) is 53.3 Å². The van der Waals surface area contributed by atoms with E-state index in [1.54, 1.807) is 7.11 Å². The van der Waals surface area contributed by atoms with E-state index >= 15 is 0 Å². The van der Waals surface area contributed by atoms with E-state index in [2.05, 4.69) is 15.2 Å². The third-order valence-electron chi connectivity index (χ3n) is 3.97. The molecule has 0 aliphatic carbocycles. The lowest BCUT2D eigenvalue weighted by Gasteiger charge is -2.21. The zero-order chi connectivity index (χ0) is 15.4. The van der Waals surface area contributed by atoms with Crippen LogP contribution in [0.15, 0.2) is 42.6 Å². The molecular formula is C17H20ClN3O. The summed E-state index contributed by atoms with van der Waals surface area (Å²) in [5.41, 5.74) is 2.14. The molecule has 1 aliphatic rings. The number of ether oxygens (including phenoxy) is 1. The van der Waals surface area contributed by atoms with Crippen LogP contribution in [0, 0.1) is 0 Å². The molecule has 1 saturated heterocycles. The zero-order valence-corrected chi connectivity index (χ0v) is 13.4. The van der Waals surface area contributed by atoms with Crippen molar-refractivity contribution < 1.29 is 4.74 Å². The highest BCUT2D eigenvalue weighted by Crippen LogP contribution is 2.33. The molecule has 0 bridgehead atoms. The molecule has 5 heteroatoms. The molecule has 2 heterocycles. The highest BCUT2D eigenvalue weighted by Gasteiger charge is 2.24. The first-order valence-electron chi connectivity index (χ1n) is 7.48. The highest BCUT2D eigenvalue weighted by molar-refractivity contribution is 6.30. The Kier molecular flexibility index (Phi) is 4.80. The number of halogens is 1. The molecule has 1 aromatic carbocycles. The van der Waals surface area contributed by atoms with Crippen LogP contribution >= 0.6 is 11.6 Å². The first-order chi connectivity index (χ1) is 10.8. The van der Waals surface area contributed by atoms with Gasteiger partial charge in [0.25, 0.3) is 0 Å². The number of hydrogen-bond acceptors (Lipinski definition) is 4. The van der Waals surface area contributed by atoms with Gasteiger partial charge in [0.05, 0.1) is 18.5 Å². The molecule has 3 rings (SSSR count). The fourth-order valence-electron chi connectivity index (χ4n) is 2.81. The molecule has 4 nitrogen and oxygen atoms in total. The van der Waals surface area contributed by atoms with Crippen LogP contribution in [0.1, 0.15) is 12.1 Å². The molecule has 1 unspecified atom stereocenters. The summed E-state index contributed by atoms with van der Waals surface area (Å²) in [6.45, 7) is 2.74. The van der Waals surface area contributed by atoms with Crippen LogP contribution in [0.2, 0.25) is 5.02 Å². The topological polar surface area (TPSA) is 37.4 Å². The van der Waals surface area contributed by atoms with Gasteiger partial charge in [0, 0.05) is 36.9 Å². The number of methoxy groups -OCH3 is 1. The van der Waals surface area contributed by atoms with Crippen molar-refractivity contribution in [3.8, 4) is 5.75 Å². The Balaban J connectivity index is 1.61. The van der Waals surface area contributed by atoms with E-state index in [0.717, 1.165) is 48.2 Å². The van der Waals surface area contributed by atoms with Gasteiger partial charge < -0.3 is 15.0 Å². The number of nitrogens with zero attached hydrogens (tertiary/aromatic N) is 2. The van der Waals surface area contributed by atoms with Crippen LogP contribution in [-0.2, 0) is 6.54 Å². The van der Waals surface area contributed by atoms with Crippen LogP contribution in [-0.4, -0.2) is 31.2 Å². The summed E-state index contributed by atoms with van der Waals surface area (Å²) in [6.07, 6.45) is 2.93. The Morgan fingerprint density at radius 3 is 3.05 bits per heavy atom. The zero-order valence-electron chi connectivity index (χ0n) is 12.6. The fourth-order valence-corrected chi connectivity index (χ4v) is 2.97. The van der Waals surface area contributed by atoms with Crippen molar-refractivity contribution in [3.63, 3.8) is 0 Å². The van der Waals surface area contributed by atoms with E-state index in [1.807, 2.05) is 42.6 Å². The van der Waals surface area contributed by atoms with Gasteiger partial charge in [-0.3, -0.25) is 4.98 Å². The predicted molar refractivity (Wildman–Crippen MR) is 89.7 cm³/mol. The normalized spacial score (nSPS) is 17.7. The summed E-state index contributed by atoms with van der Waals surface area (Å²) in [6, 6.07) is 12.2. The third kappa shape index (κ3) is 3.51. The standard InChI is InChI=1S/C17H20ClN3O/c1-22-17-6-5-13(18)10-16(17)21-9-7-15(12-21)20-11-14-4-2-3-8-19-14/h2-6,8,10,15,20H,7,9,11-12H2,1H3. The number of nitrogens with one attached hydrogen (secondary N) is 1. The summed E-state index contributed by atoms with van der Waals surface area (Å²) in [5, 5.41) is 4.31. The quantitative estimate of drug-likeness (QED) is 0.919. The van der Waals surface area contributed by atoms with E-state index in [0.29, 0.717) is 6.04 Å². The molecule has 0 spiro atoms. The van der Waals surface area contributed by atoms with Gasteiger partial charge in [-0.25, -0.2) is 0 Å². The van der Waals surface area contributed by atoms with Crippen molar-refractivity contribution >= 4 is 17.3 Å². The maximum absolute atomic E-state index is 6.12. The Morgan fingerprint density at radius 2 is 2.27 bits per heavy atom. The number of aromatic nitrogens is 1. The van der Waals surface area contributed by atoms with Gasteiger partial charge in [-0.05, 0) is 36.8 Å². The second-order valence-electron chi connectivity index (χ2n) is 5.45. The van der Waals surface area contributed by atoms with Crippen LogP contribution in [0.3, 0.4) is 0 Å². The van der Waals surface area contributed by atoms with E-state index in [-0.39, 0.29) is 0 Å². The minimum Gasteiger partial charge on any atom is -0.495 e. The molecular weight excluding hydrogens is 298 g/mol. The molecule has 0 saturated carbocycles. The van der Waals surface area contributed by atoms with Gasteiger partial charge in [-0.15, -0.1) is 0 Å². The number of hydrogen-bond donors (Lipinski definition) is 1. The lowest BCUT2D eigenvalue weighted by Crippen LogP contribution is -2.32. The minimum absolute atomic E-state index is 0.450. The molecule has 0 radical (unpaired) electrons. The Morgan fingerprint density at radius 1 is 1.36 bits per heavy atom. The van der Waals surface area contributed by atoms with Gasteiger partial charge in [-0.1, -0.05) is 17.7 Å². The second kappa shape index (κ2) is 6.99. The second-order valence-corrected chi connectivity index (χ2v) is 5.89. The van der Waals surface area contributed by atoms with Gasteiger partial charge in [-0.2, -0.15) is 0 Å². The number of rotatable bonds is 5. The van der Waals surface area contributed by atoms with Crippen LogP contribution in [0.25, 0.3) is 0 Å². The number of anilines is 1. The van der Waals surface area contributed by atoms with Gasteiger partial charge >= 0.3 is 0 Å². The molecule has 1 atom stereocenters. The van der Waals surface area contributed by atoms with E-state index < -0.39 is 0 Å². The summed E-state index contributed by atoms with van der Waals surface area (Å²) in [4.78, 5) is 6.66. The maximum atomic E-state index is 6.12. The van der Waals surface area contributed by atoms with Crippen molar-refractivity contribution in [1.29, 1.82) is 0 Å². The van der Waals surface area contributed by atoms with E-state index in [9.17, 15) is 0 Å². The van der Waals surface area contributed by atoms with Crippen LogP contribution in [0.4, 0.5) is 5.69 Å². The Bertz CT molecular complexity index is 621. The van der Waals surface area contributed by atoms with Gasteiger partial charge in [0.15, 0.2) is 0 Å². The van der Waals surface area contributed by atoms with Crippen LogP contribution < -0.4 is 15.0 Å². The first kappa shape index (κ1) is 15.1. The molecule has 0 amide bonds. The molecule has 1 aliphatic heterocycles. The van der Waals surface area contributed by atoms with Crippen molar-refractivity contribution in [2.24, 2.45) is 0 Å². The summed E-state index contributed by atoms with van der Waals surface area (Å²) in [7, 11) is 1.69. The summed E-state index contributed by atoms with van der Waals surface area (Å²) >= 11 is 6.12. The lowest BCUT2D eigenvalue weighted by atomic mass is 10.2. The SMILES string of the molecule is COc1ccc(Cl)cc1N1CCC(NCc2ccccn2)C1. The van der Waals surface area contributed by atoms with E-state index in [4.69, 9.17) is 16.3 Å². The molecule has 116 valence electrons. The average molecular weight is 318 g/mol. The largest absolute Gasteiger partial charge is 0.495 e. The van der Waals surface area contributed by atoms with Gasteiger partial charge in [0.2, 0.25) is 0 Å². The van der Waals surface area contributed by atoms with Crippen molar-refractivity contribution in [2.45, 2.75) is 19.0 Å². The monoisotopic (exact) mass is 317 g/mol. The third-order valence-corrected chi connectivity index (χ3v) is 4.20. The predicted octanol–water partition coefficient (Wildman–Crippen LogP) is 3.11. The highest BCUT2D eigenvalue weighted by atomic mass is 35.5. The molecule has 2 aromatic rings. The van der Waals surface area contributed by atoms with Gasteiger partial charge in [0.1, 0.15) is 5.75 Å². The lowest BCUT2D eigenvalue weighted by molar-refractivity contribution is 0.414. The maximum Gasteiger partial charge on any atom is 0.142 e. The Labute approximate surface area is 136 Å². The Hall–Kier alpha value is -1.78. The molecule has 1 fully saturated rings. The van der Waals surface area contributed by atoms with Crippen molar-refractivity contribution in [1.82, 2.24) is 10.3 Å². The van der Waals surface area contributed by atoms with Crippen molar-refractivity contribution in [2.75, 3.05) is 25.1 Å². The smallest absolute Gasteiger partial charge is 0.142 e. The number of benzene rings is 1. The minimum atomic E-state index is 0.450. The summed E-state index contributed by atoms with van der Waals surface area (Å²) in [5.74, 6) is 0.870. The molecule has 1 N–H and O–H groups in total. The first-order valence-corrected chi connectivity index (χ1v) is 7.86. The molecule has 22 heavy (non-hydrogen) atoms. The van der Waals surface area contributed by atoms with Crippen LogP contribution in [0.5, 0.6) is 5.75 Å². The van der Waals surface area contributed by atoms with E-state index in [1.165, 1.54) is 0 Å².